The minimum Gasteiger partial charge on any atom is -0.387 e. The second-order valence-electron chi connectivity index (χ2n) is 5.28. The van der Waals surface area contributed by atoms with Crippen LogP contribution >= 0.6 is 15.9 Å². The molecule has 0 amide bonds. The number of nitrogens with zero attached hydrogens (tertiary/aromatic N) is 1. The van der Waals surface area contributed by atoms with Crippen molar-refractivity contribution in [2.24, 2.45) is 0 Å². The van der Waals surface area contributed by atoms with Gasteiger partial charge in [0.15, 0.2) is 0 Å². The highest BCUT2D eigenvalue weighted by atomic mass is 79.9. The fraction of sp³-hybridized carbons (Fsp3) is 0.438. The lowest BCUT2D eigenvalue weighted by Gasteiger charge is -2.15. The van der Waals surface area contributed by atoms with Gasteiger partial charge >= 0.3 is 0 Å². The van der Waals surface area contributed by atoms with E-state index in [-0.39, 0.29) is 0 Å². The Kier molecular flexibility index (Phi) is 4.34. The van der Waals surface area contributed by atoms with E-state index in [0.717, 1.165) is 46.9 Å². The van der Waals surface area contributed by atoms with Crippen molar-refractivity contribution in [1.82, 2.24) is 4.98 Å². The monoisotopic (exact) mass is 335 g/mol. The zero-order valence-corrected chi connectivity index (χ0v) is 12.8. The van der Waals surface area contributed by atoms with Crippen LogP contribution in [0.1, 0.15) is 37.5 Å². The minimum absolute atomic E-state index is 0.309. The summed E-state index contributed by atoms with van der Waals surface area (Å²) in [4.78, 5) is 4.58. The molecule has 2 unspecified atom stereocenters. The first-order valence-corrected chi connectivity index (χ1v) is 7.88. The van der Waals surface area contributed by atoms with Crippen LogP contribution in [0.5, 0.6) is 0 Å². The van der Waals surface area contributed by atoms with Gasteiger partial charge in [0, 0.05) is 16.5 Å². The van der Waals surface area contributed by atoms with Crippen LogP contribution in [-0.2, 0) is 4.74 Å². The number of para-hydroxylation sites is 1. The lowest BCUT2D eigenvalue weighted by molar-refractivity contribution is 0.0801. The average molecular weight is 336 g/mol. The summed E-state index contributed by atoms with van der Waals surface area (Å²) in [7, 11) is 0. The Balaban J connectivity index is 1.76. The van der Waals surface area contributed by atoms with E-state index >= 15 is 0 Å². The molecule has 0 bridgehead atoms. The SMILES string of the molecule is OC(CCC1CCCO1)c1nc2ccccc2cc1Br. The van der Waals surface area contributed by atoms with Crippen molar-refractivity contribution in [3.8, 4) is 0 Å². The third-order valence-electron chi connectivity index (χ3n) is 3.81. The molecule has 3 nitrogen and oxygen atoms in total. The fourth-order valence-electron chi connectivity index (χ4n) is 2.69. The van der Waals surface area contributed by atoms with Crippen molar-refractivity contribution in [3.05, 3.63) is 40.5 Å². The van der Waals surface area contributed by atoms with Crippen LogP contribution in [0.3, 0.4) is 0 Å². The van der Waals surface area contributed by atoms with Gasteiger partial charge in [-0.25, -0.2) is 4.98 Å². The number of fused-ring (bicyclic) bond motifs is 1. The molecule has 1 fully saturated rings. The van der Waals surface area contributed by atoms with Gasteiger partial charge in [0.05, 0.1) is 23.4 Å². The zero-order chi connectivity index (χ0) is 13.9. The number of hydrogen-bond acceptors (Lipinski definition) is 3. The third-order valence-corrected chi connectivity index (χ3v) is 4.44. The predicted octanol–water partition coefficient (Wildman–Crippen LogP) is 3.99. The number of aliphatic hydroxyl groups excluding tert-OH is 1. The molecule has 4 heteroatoms. The number of ether oxygens (including phenoxy) is 1. The van der Waals surface area contributed by atoms with Crippen LogP contribution in [-0.4, -0.2) is 22.8 Å². The Morgan fingerprint density at radius 1 is 1.40 bits per heavy atom. The van der Waals surface area contributed by atoms with E-state index in [0.29, 0.717) is 12.5 Å². The molecule has 2 heterocycles. The van der Waals surface area contributed by atoms with Gasteiger partial charge in [0.2, 0.25) is 0 Å². The molecule has 20 heavy (non-hydrogen) atoms. The molecule has 1 aliphatic heterocycles. The fourth-order valence-corrected chi connectivity index (χ4v) is 3.29. The molecule has 1 aliphatic rings. The van der Waals surface area contributed by atoms with Gasteiger partial charge in [0.1, 0.15) is 0 Å². The molecule has 3 rings (SSSR count). The molecular weight excluding hydrogens is 318 g/mol. The van der Waals surface area contributed by atoms with Crippen molar-refractivity contribution < 1.29 is 9.84 Å². The number of benzene rings is 1. The number of aliphatic hydroxyl groups is 1. The maximum atomic E-state index is 10.4. The van der Waals surface area contributed by atoms with Crippen LogP contribution in [0.25, 0.3) is 10.9 Å². The second kappa shape index (κ2) is 6.20. The summed E-state index contributed by atoms with van der Waals surface area (Å²) < 4.78 is 6.47. The summed E-state index contributed by atoms with van der Waals surface area (Å²) in [5.74, 6) is 0. The summed E-state index contributed by atoms with van der Waals surface area (Å²) in [6.45, 7) is 0.860. The van der Waals surface area contributed by atoms with Crippen LogP contribution in [0, 0.1) is 0 Å². The smallest absolute Gasteiger partial charge is 0.0972 e. The largest absolute Gasteiger partial charge is 0.387 e. The van der Waals surface area contributed by atoms with E-state index in [4.69, 9.17) is 4.74 Å². The molecule has 1 aromatic carbocycles. The van der Waals surface area contributed by atoms with Crippen LogP contribution < -0.4 is 0 Å². The Bertz CT molecular complexity index is 596. The molecule has 0 radical (unpaired) electrons. The van der Waals surface area contributed by atoms with E-state index in [1.54, 1.807) is 0 Å². The summed E-state index contributed by atoms with van der Waals surface area (Å²) in [6.07, 6.45) is 3.59. The summed E-state index contributed by atoms with van der Waals surface area (Å²) >= 11 is 3.52. The van der Waals surface area contributed by atoms with E-state index < -0.39 is 6.10 Å². The first-order valence-electron chi connectivity index (χ1n) is 7.09. The van der Waals surface area contributed by atoms with E-state index in [1.165, 1.54) is 0 Å². The first kappa shape index (κ1) is 14.0. The number of halogens is 1. The van der Waals surface area contributed by atoms with Crippen LogP contribution in [0.2, 0.25) is 0 Å². The molecule has 0 spiro atoms. The van der Waals surface area contributed by atoms with E-state index in [1.807, 2.05) is 30.3 Å². The predicted molar refractivity (Wildman–Crippen MR) is 82.6 cm³/mol. The van der Waals surface area contributed by atoms with E-state index in [2.05, 4.69) is 20.9 Å². The molecule has 0 aliphatic carbocycles. The lowest BCUT2D eigenvalue weighted by Crippen LogP contribution is -2.09. The van der Waals surface area contributed by atoms with E-state index in [9.17, 15) is 5.11 Å². The van der Waals surface area contributed by atoms with Crippen molar-refractivity contribution in [2.45, 2.75) is 37.9 Å². The number of pyridine rings is 1. The molecule has 1 aromatic heterocycles. The number of rotatable bonds is 4. The Labute approximate surface area is 127 Å². The van der Waals surface area contributed by atoms with Gasteiger partial charge in [-0.3, -0.25) is 0 Å². The second-order valence-corrected chi connectivity index (χ2v) is 6.13. The maximum Gasteiger partial charge on any atom is 0.0972 e. The Hall–Kier alpha value is -0.970. The molecule has 1 saturated heterocycles. The van der Waals surface area contributed by atoms with Gasteiger partial charge in [-0.2, -0.15) is 0 Å². The minimum atomic E-state index is -0.543. The maximum absolute atomic E-state index is 10.4. The summed E-state index contributed by atoms with van der Waals surface area (Å²) in [6, 6.07) is 9.97. The van der Waals surface area contributed by atoms with Gasteiger partial charge in [0.25, 0.3) is 0 Å². The summed E-state index contributed by atoms with van der Waals surface area (Å²) in [5.41, 5.74) is 1.64. The molecule has 0 saturated carbocycles. The van der Waals surface area contributed by atoms with Crippen molar-refractivity contribution in [1.29, 1.82) is 0 Å². The van der Waals surface area contributed by atoms with Crippen LogP contribution in [0.15, 0.2) is 34.8 Å². The normalized spacial score (nSPS) is 20.4. The van der Waals surface area contributed by atoms with Crippen molar-refractivity contribution in [2.75, 3.05) is 6.61 Å². The number of hydrogen-bond donors (Lipinski definition) is 1. The third kappa shape index (κ3) is 3.03. The highest BCUT2D eigenvalue weighted by Gasteiger charge is 2.19. The quantitative estimate of drug-likeness (QED) is 0.918. The summed E-state index contributed by atoms with van der Waals surface area (Å²) in [5, 5.41) is 11.5. The van der Waals surface area contributed by atoms with Crippen LogP contribution in [0.4, 0.5) is 0 Å². The molecule has 1 N–H and O–H groups in total. The number of aromatic nitrogens is 1. The molecule has 106 valence electrons. The molecule has 2 atom stereocenters. The molecule has 2 aromatic rings. The lowest BCUT2D eigenvalue weighted by atomic mass is 10.0. The first-order chi connectivity index (χ1) is 9.74. The topological polar surface area (TPSA) is 42.4 Å². The average Bonchev–Trinajstić information content (AvgIpc) is 2.97. The van der Waals surface area contributed by atoms with Gasteiger partial charge < -0.3 is 9.84 Å². The Morgan fingerprint density at radius 2 is 2.25 bits per heavy atom. The van der Waals surface area contributed by atoms with Gasteiger partial charge in [-0.1, -0.05) is 18.2 Å². The molecular formula is C16H18BrNO2. The van der Waals surface area contributed by atoms with Gasteiger partial charge in [-0.05, 0) is 53.7 Å². The van der Waals surface area contributed by atoms with Crippen molar-refractivity contribution in [3.63, 3.8) is 0 Å². The Morgan fingerprint density at radius 3 is 3.05 bits per heavy atom. The van der Waals surface area contributed by atoms with Gasteiger partial charge in [-0.15, -0.1) is 0 Å². The van der Waals surface area contributed by atoms with Crippen molar-refractivity contribution >= 4 is 26.8 Å². The highest BCUT2D eigenvalue weighted by Crippen LogP contribution is 2.29. The highest BCUT2D eigenvalue weighted by molar-refractivity contribution is 9.10. The standard InChI is InChI=1S/C16H18BrNO2/c17-13-10-11-4-1-2-6-14(11)18-16(13)15(19)8-7-12-5-3-9-20-12/h1-2,4,6,10,12,15,19H,3,5,7-9H2. The zero-order valence-electron chi connectivity index (χ0n) is 11.3.